The van der Waals surface area contributed by atoms with Crippen LogP contribution in [-0.4, -0.2) is 43.2 Å². The normalized spacial score (nSPS) is 14.6. The summed E-state index contributed by atoms with van der Waals surface area (Å²) in [5.41, 5.74) is 1.98. The minimum Gasteiger partial charge on any atom is -0.497 e. The van der Waals surface area contributed by atoms with E-state index < -0.39 is 0 Å². The lowest BCUT2D eigenvalue weighted by molar-refractivity contribution is -0.125. The van der Waals surface area contributed by atoms with Gasteiger partial charge in [-0.1, -0.05) is 6.92 Å². The number of rotatable bonds is 7. The molecule has 1 aliphatic rings. The Morgan fingerprint density at radius 1 is 1.16 bits per heavy atom. The molecule has 3 aromatic rings. The van der Waals surface area contributed by atoms with Crippen molar-refractivity contribution in [2.24, 2.45) is 5.92 Å². The van der Waals surface area contributed by atoms with Gasteiger partial charge in [0.15, 0.2) is 0 Å². The van der Waals surface area contributed by atoms with E-state index in [9.17, 15) is 4.79 Å². The van der Waals surface area contributed by atoms with Gasteiger partial charge in [0.25, 0.3) is 0 Å². The average Bonchev–Trinajstić information content (AvgIpc) is 3.22. The minimum atomic E-state index is 0.00491. The maximum Gasteiger partial charge on any atom is 0.223 e. The SMILES string of the molecule is CCc1nc(N2CCC(C(=O)NCc3cc(OC)cc(OC)c3)CC2)c2c(C)scc2n1. The molecule has 0 unspecified atom stereocenters. The summed E-state index contributed by atoms with van der Waals surface area (Å²) in [6.45, 7) is 6.29. The average molecular weight is 455 g/mol. The molecular weight excluding hydrogens is 424 g/mol. The molecule has 0 saturated carbocycles. The highest BCUT2D eigenvalue weighted by Gasteiger charge is 2.27. The topological polar surface area (TPSA) is 76.6 Å². The van der Waals surface area contributed by atoms with E-state index in [2.05, 4.69) is 34.4 Å². The van der Waals surface area contributed by atoms with Crippen LogP contribution in [0.3, 0.4) is 0 Å². The zero-order chi connectivity index (χ0) is 22.7. The molecule has 4 rings (SSSR count). The number of fused-ring (bicyclic) bond motifs is 1. The summed E-state index contributed by atoms with van der Waals surface area (Å²) in [4.78, 5) is 25.9. The molecule has 8 heteroatoms. The van der Waals surface area contributed by atoms with Gasteiger partial charge in [-0.15, -0.1) is 11.3 Å². The fourth-order valence-electron chi connectivity index (χ4n) is 4.18. The first kappa shape index (κ1) is 22.3. The van der Waals surface area contributed by atoms with Gasteiger partial charge in [-0.3, -0.25) is 4.79 Å². The standard InChI is InChI=1S/C24H30N4O3S/c1-5-21-26-20-14-32-15(2)22(20)23(27-21)28-8-6-17(7-9-28)24(29)25-13-16-10-18(30-3)12-19(11-16)31-4/h10-12,14,17H,5-9,13H2,1-4H3,(H,25,29). The van der Waals surface area contributed by atoms with Crippen LogP contribution in [0, 0.1) is 12.8 Å². The monoisotopic (exact) mass is 454 g/mol. The van der Waals surface area contributed by atoms with Crippen molar-refractivity contribution in [1.82, 2.24) is 15.3 Å². The first-order chi connectivity index (χ1) is 15.5. The Kier molecular flexibility index (Phi) is 6.79. The van der Waals surface area contributed by atoms with Crippen LogP contribution in [0.2, 0.25) is 0 Å². The molecule has 1 N–H and O–H groups in total. The van der Waals surface area contributed by atoms with Crippen molar-refractivity contribution >= 4 is 34.0 Å². The first-order valence-electron chi connectivity index (χ1n) is 11.0. The molecule has 1 saturated heterocycles. The molecule has 0 bridgehead atoms. The third kappa shape index (κ3) is 4.65. The van der Waals surface area contributed by atoms with Crippen LogP contribution in [0.4, 0.5) is 5.82 Å². The number of ether oxygens (including phenoxy) is 2. The smallest absolute Gasteiger partial charge is 0.223 e. The van der Waals surface area contributed by atoms with Crippen molar-refractivity contribution in [3.05, 3.63) is 39.8 Å². The third-order valence-corrected chi connectivity index (χ3v) is 6.92. The van der Waals surface area contributed by atoms with Crippen LogP contribution in [-0.2, 0) is 17.8 Å². The Bertz CT molecular complexity index is 1080. The van der Waals surface area contributed by atoms with E-state index in [1.54, 1.807) is 25.6 Å². The Balaban J connectivity index is 1.40. The van der Waals surface area contributed by atoms with Crippen molar-refractivity contribution < 1.29 is 14.3 Å². The van der Waals surface area contributed by atoms with Crippen LogP contribution in [0.5, 0.6) is 11.5 Å². The molecule has 1 amide bonds. The molecule has 7 nitrogen and oxygen atoms in total. The summed E-state index contributed by atoms with van der Waals surface area (Å²) in [6.07, 6.45) is 2.43. The highest BCUT2D eigenvalue weighted by Crippen LogP contribution is 2.33. The lowest BCUT2D eigenvalue weighted by Gasteiger charge is -2.32. The second-order valence-electron chi connectivity index (χ2n) is 8.07. The van der Waals surface area contributed by atoms with Crippen molar-refractivity contribution in [3.8, 4) is 11.5 Å². The van der Waals surface area contributed by atoms with Gasteiger partial charge in [-0.05, 0) is 37.5 Å². The Morgan fingerprint density at radius 2 is 1.84 bits per heavy atom. The maximum absolute atomic E-state index is 12.8. The zero-order valence-corrected chi connectivity index (χ0v) is 19.9. The number of nitrogens with zero attached hydrogens (tertiary/aromatic N) is 3. The molecule has 0 aliphatic carbocycles. The number of hydrogen-bond donors (Lipinski definition) is 1. The maximum atomic E-state index is 12.8. The van der Waals surface area contributed by atoms with Crippen LogP contribution in [0.15, 0.2) is 23.6 Å². The number of anilines is 1. The molecular formula is C24H30N4O3S. The molecule has 0 spiro atoms. The number of carbonyl (C=O) groups excluding carboxylic acids is 1. The fourth-order valence-corrected chi connectivity index (χ4v) is 4.95. The Labute approximate surface area is 192 Å². The summed E-state index contributed by atoms with van der Waals surface area (Å²) in [7, 11) is 3.24. The van der Waals surface area contributed by atoms with E-state index in [1.807, 2.05) is 18.2 Å². The number of aromatic nitrogens is 2. The second kappa shape index (κ2) is 9.73. The van der Waals surface area contributed by atoms with E-state index >= 15 is 0 Å². The van der Waals surface area contributed by atoms with E-state index in [4.69, 9.17) is 14.5 Å². The molecule has 3 heterocycles. The number of hydrogen-bond acceptors (Lipinski definition) is 7. The van der Waals surface area contributed by atoms with E-state index in [0.29, 0.717) is 18.0 Å². The Morgan fingerprint density at radius 3 is 2.47 bits per heavy atom. The van der Waals surface area contributed by atoms with Gasteiger partial charge in [0.1, 0.15) is 23.1 Å². The number of piperidine rings is 1. The second-order valence-corrected chi connectivity index (χ2v) is 9.15. The van der Waals surface area contributed by atoms with Crippen molar-refractivity contribution in [2.45, 2.75) is 39.7 Å². The number of thiophene rings is 1. The third-order valence-electron chi connectivity index (χ3n) is 6.02. The number of carbonyl (C=O) groups is 1. The number of amides is 1. The molecule has 1 aromatic carbocycles. The molecule has 0 atom stereocenters. The number of benzene rings is 1. The summed E-state index contributed by atoms with van der Waals surface area (Å²) in [5.74, 6) is 3.43. The highest BCUT2D eigenvalue weighted by molar-refractivity contribution is 7.11. The van der Waals surface area contributed by atoms with Crippen molar-refractivity contribution in [2.75, 3.05) is 32.2 Å². The van der Waals surface area contributed by atoms with E-state index in [1.165, 1.54) is 4.88 Å². The number of methoxy groups -OCH3 is 2. The molecule has 0 radical (unpaired) electrons. The van der Waals surface area contributed by atoms with Gasteiger partial charge in [0.2, 0.25) is 5.91 Å². The van der Waals surface area contributed by atoms with Crippen LogP contribution in [0.1, 0.15) is 36.0 Å². The van der Waals surface area contributed by atoms with Crippen LogP contribution < -0.4 is 19.7 Å². The lowest BCUT2D eigenvalue weighted by atomic mass is 9.95. The lowest BCUT2D eigenvalue weighted by Crippen LogP contribution is -2.40. The number of aryl methyl sites for hydroxylation is 2. The summed E-state index contributed by atoms with van der Waals surface area (Å²) in [6, 6.07) is 5.66. The quantitative estimate of drug-likeness (QED) is 0.579. The van der Waals surface area contributed by atoms with Crippen molar-refractivity contribution in [3.63, 3.8) is 0 Å². The predicted octanol–water partition coefficient (Wildman–Crippen LogP) is 4.11. The van der Waals surface area contributed by atoms with Crippen LogP contribution >= 0.6 is 11.3 Å². The first-order valence-corrected chi connectivity index (χ1v) is 11.9. The summed E-state index contributed by atoms with van der Waals surface area (Å²) >= 11 is 1.72. The predicted molar refractivity (Wildman–Crippen MR) is 128 cm³/mol. The van der Waals surface area contributed by atoms with Gasteiger partial charge in [0.05, 0.1) is 25.1 Å². The van der Waals surface area contributed by atoms with Gasteiger partial charge < -0.3 is 19.7 Å². The molecule has 32 heavy (non-hydrogen) atoms. The number of nitrogens with one attached hydrogen (secondary N) is 1. The summed E-state index contributed by atoms with van der Waals surface area (Å²) in [5, 5.41) is 6.35. The van der Waals surface area contributed by atoms with E-state index in [-0.39, 0.29) is 11.8 Å². The van der Waals surface area contributed by atoms with Gasteiger partial charge in [-0.2, -0.15) is 0 Å². The highest BCUT2D eigenvalue weighted by atomic mass is 32.1. The Hall–Kier alpha value is -2.87. The van der Waals surface area contributed by atoms with Gasteiger partial charge >= 0.3 is 0 Å². The summed E-state index contributed by atoms with van der Waals surface area (Å²) < 4.78 is 10.6. The largest absolute Gasteiger partial charge is 0.497 e. The van der Waals surface area contributed by atoms with Crippen molar-refractivity contribution in [1.29, 1.82) is 0 Å². The van der Waals surface area contributed by atoms with Gasteiger partial charge in [-0.25, -0.2) is 9.97 Å². The molecule has 170 valence electrons. The molecule has 2 aromatic heterocycles. The minimum absolute atomic E-state index is 0.00491. The van der Waals surface area contributed by atoms with Crippen LogP contribution in [0.25, 0.3) is 10.9 Å². The fraction of sp³-hybridized carbons (Fsp3) is 0.458. The zero-order valence-electron chi connectivity index (χ0n) is 19.1. The molecule has 1 aliphatic heterocycles. The molecule has 1 fully saturated rings. The van der Waals surface area contributed by atoms with Gasteiger partial charge in [0, 0.05) is 48.3 Å². The van der Waals surface area contributed by atoms with E-state index in [0.717, 1.165) is 60.5 Å².